The molecule has 2 aliphatic heterocycles. The Labute approximate surface area is 128 Å². The summed E-state index contributed by atoms with van der Waals surface area (Å²) >= 11 is 0. The third-order valence-corrected chi connectivity index (χ3v) is 4.24. The molecule has 2 heterocycles. The average Bonchev–Trinajstić information content (AvgIpc) is 2.47. The van der Waals surface area contributed by atoms with Gasteiger partial charge in [-0.25, -0.2) is 0 Å². The second kappa shape index (κ2) is 10.4. The van der Waals surface area contributed by atoms with Crippen LogP contribution in [0.3, 0.4) is 0 Å². The number of piperidine rings is 1. The quantitative estimate of drug-likeness (QED) is 0.791. The lowest BCUT2D eigenvalue weighted by Gasteiger charge is -2.23. The van der Waals surface area contributed by atoms with Gasteiger partial charge in [-0.05, 0) is 64.0 Å². The minimum absolute atomic E-state index is 0. The van der Waals surface area contributed by atoms with E-state index in [2.05, 4.69) is 10.6 Å². The van der Waals surface area contributed by atoms with Crippen LogP contribution < -0.4 is 10.6 Å². The van der Waals surface area contributed by atoms with Gasteiger partial charge in [-0.1, -0.05) is 0 Å². The summed E-state index contributed by atoms with van der Waals surface area (Å²) in [6.07, 6.45) is 9.07. The molecule has 0 aromatic heterocycles. The van der Waals surface area contributed by atoms with Crippen LogP contribution in [0.2, 0.25) is 0 Å². The van der Waals surface area contributed by atoms with E-state index < -0.39 is 0 Å². The standard InChI is InChI=1S/C15H28N2O2.ClH/c18-15(7-6-14-5-1-2-11-19-14)17-10-8-13-4-3-9-16-12-13;/h13-14,16H,1-12H2,(H,17,18);1H. The second-order valence-electron chi connectivity index (χ2n) is 5.88. The lowest BCUT2D eigenvalue weighted by atomic mass is 9.96. The van der Waals surface area contributed by atoms with Gasteiger partial charge in [0.1, 0.15) is 0 Å². The van der Waals surface area contributed by atoms with Crippen LogP contribution in [0.4, 0.5) is 0 Å². The summed E-state index contributed by atoms with van der Waals surface area (Å²) in [6, 6.07) is 0. The zero-order valence-electron chi connectivity index (χ0n) is 12.4. The molecule has 2 rings (SSSR count). The summed E-state index contributed by atoms with van der Waals surface area (Å²) < 4.78 is 5.64. The zero-order chi connectivity index (χ0) is 13.3. The summed E-state index contributed by atoms with van der Waals surface area (Å²) in [6.45, 7) is 3.98. The molecule has 118 valence electrons. The molecule has 1 amide bonds. The van der Waals surface area contributed by atoms with E-state index in [0.717, 1.165) is 51.4 Å². The van der Waals surface area contributed by atoms with Crippen molar-refractivity contribution in [2.45, 2.75) is 57.5 Å². The number of ether oxygens (including phenoxy) is 1. The Hall–Kier alpha value is -0.320. The maximum atomic E-state index is 11.7. The number of rotatable bonds is 6. The second-order valence-corrected chi connectivity index (χ2v) is 5.88. The number of halogens is 1. The predicted molar refractivity (Wildman–Crippen MR) is 83.3 cm³/mol. The molecule has 2 unspecified atom stereocenters. The van der Waals surface area contributed by atoms with E-state index in [1.807, 2.05) is 0 Å². The molecular formula is C15H29ClN2O2. The van der Waals surface area contributed by atoms with Crippen molar-refractivity contribution < 1.29 is 9.53 Å². The molecule has 20 heavy (non-hydrogen) atoms. The van der Waals surface area contributed by atoms with Gasteiger partial charge in [0, 0.05) is 19.6 Å². The van der Waals surface area contributed by atoms with Crippen molar-refractivity contribution in [3.63, 3.8) is 0 Å². The smallest absolute Gasteiger partial charge is 0.220 e. The highest BCUT2D eigenvalue weighted by Gasteiger charge is 2.16. The molecule has 0 radical (unpaired) electrons. The molecule has 0 aromatic carbocycles. The van der Waals surface area contributed by atoms with Gasteiger partial charge in [0.15, 0.2) is 0 Å². The largest absolute Gasteiger partial charge is 0.378 e. The summed E-state index contributed by atoms with van der Waals surface area (Å²) in [4.78, 5) is 11.7. The molecule has 0 spiro atoms. The van der Waals surface area contributed by atoms with E-state index in [0.29, 0.717) is 12.5 Å². The highest BCUT2D eigenvalue weighted by molar-refractivity contribution is 5.85. The highest BCUT2D eigenvalue weighted by Crippen LogP contribution is 2.17. The first-order chi connectivity index (χ1) is 9.34. The van der Waals surface area contributed by atoms with Gasteiger partial charge in [-0.15, -0.1) is 12.4 Å². The molecule has 0 bridgehead atoms. The molecule has 2 N–H and O–H groups in total. The third kappa shape index (κ3) is 6.91. The van der Waals surface area contributed by atoms with Gasteiger partial charge < -0.3 is 15.4 Å². The molecule has 2 aliphatic rings. The lowest BCUT2D eigenvalue weighted by Crippen LogP contribution is -2.33. The Morgan fingerprint density at radius 1 is 1.20 bits per heavy atom. The number of carbonyl (C=O) groups excluding carboxylic acids is 1. The third-order valence-electron chi connectivity index (χ3n) is 4.24. The Balaban J connectivity index is 0.00000200. The first-order valence-corrected chi connectivity index (χ1v) is 7.93. The molecule has 5 heteroatoms. The summed E-state index contributed by atoms with van der Waals surface area (Å²) in [5, 5.41) is 6.46. The van der Waals surface area contributed by atoms with Crippen molar-refractivity contribution in [2.24, 2.45) is 5.92 Å². The summed E-state index contributed by atoms with van der Waals surface area (Å²) in [5.41, 5.74) is 0. The van der Waals surface area contributed by atoms with Crippen LogP contribution in [0.15, 0.2) is 0 Å². The Kier molecular flexibility index (Phi) is 9.23. The van der Waals surface area contributed by atoms with Gasteiger partial charge in [0.2, 0.25) is 5.91 Å². The van der Waals surface area contributed by atoms with Gasteiger partial charge in [-0.2, -0.15) is 0 Å². The van der Waals surface area contributed by atoms with Crippen LogP contribution in [0.5, 0.6) is 0 Å². The van der Waals surface area contributed by atoms with Crippen molar-refractivity contribution in [3.8, 4) is 0 Å². The van der Waals surface area contributed by atoms with Gasteiger partial charge >= 0.3 is 0 Å². The van der Waals surface area contributed by atoms with Gasteiger partial charge in [0.25, 0.3) is 0 Å². The summed E-state index contributed by atoms with van der Waals surface area (Å²) in [7, 11) is 0. The predicted octanol–water partition coefficient (Wildman–Crippen LogP) is 2.26. The molecule has 2 saturated heterocycles. The van der Waals surface area contributed by atoms with Crippen molar-refractivity contribution >= 4 is 18.3 Å². The van der Waals surface area contributed by atoms with E-state index >= 15 is 0 Å². The first kappa shape index (κ1) is 17.7. The molecule has 2 fully saturated rings. The number of nitrogens with one attached hydrogen (secondary N) is 2. The van der Waals surface area contributed by atoms with Crippen LogP contribution in [-0.2, 0) is 9.53 Å². The van der Waals surface area contributed by atoms with Gasteiger partial charge in [-0.3, -0.25) is 4.79 Å². The minimum Gasteiger partial charge on any atom is -0.378 e. The number of hydrogen-bond donors (Lipinski definition) is 2. The normalized spacial score (nSPS) is 26.6. The zero-order valence-corrected chi connectivity index (χ0v) is 13.2. The Morgan fingerprint density at radius 3 is 2.80 bits per heavy atom. The number of hydrogen-bond acceptors (Lipinski definition) is 3. The topological polar surface area (TPSA) is 50.4 Å². The molecular weight excluding hydrogens is 276 g/mol. The lowest BCUT2D eigenvalue weighted by molar-refractivity contribution is -0.122. The molecule has 0 aromatic rings. The van der Waals surface area contributed by atoms with E-state index in [4.69, 9.17) is 4.74 Å². The maximum absolute atomic E-state index is 11.7. The average molecular weight is 305 g/mol. The van der Waals surface area contributed by atoms with E-state index in [-0.39, 0.29) is 18.3 Å². The minimum atomic E-state index is 0. The fraction of sp³-hybridized carbons (Fsp3) is 0.933. The van der Waals surface area contributed by atoms with Crippen molar-refractivity contribution in [2.75, 3.05) is 26.2 Å². The van der Waals surface area contributed by atoms with E-state index in [1.165, 1.54) is 25.7 Å². The summed E-state index contributed by atoms with van der Waals surface area (Å²) in [5.74, 6) is 0.939. The Morgan fingerprint density at radius 2 is 2.10 bits per heavy atom. The maximum Gasteiger partial charge on any atom is 0.220 e. The first-order valence-electron chi connectivity index (χ1n) is 7.93. The Bertz CT molecular complexity index is 265. The highest BCUT2D eigenvalue weighted by atomic mass is 35.5. The van der Waals surface area contributed by atoms with Crippen LogP contribution >= 0.6 is 12.4 Å². The van der Waals surface area contributed by atoms with Gasteiger partial charge in [0.05, 0.1) is 6.10 Å². The fourth-order valence-electron chi connectivity index (χ4n) is 3.00. The molecule has 0 saturated carbocycles. The van der Waals surface area contributed by atoms with Crippen LogP contribution in [0.25, 0.3) is 0 Å². The van der Waals surface area contributed by atoms with Crippen molar-refractivity contribution in [3.05, 3.63) is 0 Å². The molecule has 4 nitrogen and oxygen atoms in total. The monoisotopic (exact) mass is 304 g/mol. The van der Waals surface area contributed by atoms with Crippen molar-refractivity contribution in [1.82, 2.24) is 10.6 Å². The van der Waals surface area contributed by atoms with Crippen molar-refractivity contribution in [1.29, 1.82) is 0 Å². The number of amides is 1. The van der Waals surface area contributed by atoms with Crippen LogP contribution in [0, 0.1) is 5.92 Å². The van der Waals surface area contributed by atoms with Crippen LogP contribution in [-0.4, -0.2) is 38.3 Å². The van der Waals surface area contributed by atoms with E-state index in [1.54, 1.807) is 0 Å². The fourth-order valence-corrected chi connectivity index (χ4v) is 3.00. The van der Waals surface area contributed by atoms with E-state index in [9.17, 15) is 4.79 Å². The molecule has 0 aliphatic carbocycles. The van der Waals surface area contributed by atoms with Crippen LogP contribution in [0.1, 0.15) is 51.4 Å². The number of carbonyl (C=O) groups is 1. The SMILES string of the molecule is Cl.O=C(CCC1CCCCO1)NCCC1CCCNC1. The molecule has 2 atom stereocenters.